The second kappa shape index (κ2) is 7.24. The maximum Gasteiger partial charge on any atom is 0.300 e. The Morgan fingerprint density at radius 2 is 1.87 bits per heavy atom. The van der Waals surface area contributed by atoms with Crippen LogP contribution in [0.3, 0.4) is 0 Å². The summed E-state index contributed by atoms with van der Waals surface area (Å²) in [5.74, 6) is -0.272. The number of anilines is 1. The summed E-state index contributed by atoms with van der Waals surface area (Å²) in [4.78, 5) is 27.5. The molecule has 0 saturated carbocycles. The molecule has 1 N–H and O–H groups in total. The van der Waals surface area contributed by atoms with Gasteiger partial charge in [-0.2, -0.15) is 0 Å². The van der Waals surface area contributed by atoms with Gasteiger partial charge in [0.15, 0.2) is 11.5 Å². The van der Waals surface area contributed by atoms with Crippen molar-refractivity contribution in [3.8, 4) is 17.2 Å². The van der Waals surface area contributed by atoms with Crippen molar-refractivity contribution in [2.75, 3.05) is 18.8 Å². The second-order valence-corrected chi connectivity index (χ2v) is 6.92. The number of aliphatic hydroxyl groups excluding tert-OH is 1. The molecule has 0 bridgehead atoms. The van der Waals surface area contributed by atoms with Crippen LogP contribution in [0.15, 0.2) is 70.9 Å². The highest BCUT2D eigenvalue weighted by atomic mass is 16.7. The Kier molecular flexibility index (Phi) is 4.39. The summed E-state index contributed by atoms with van der Waals surface area (Å²) in [6.45, 7) is 0.0764. The number of carbonyl (C=O) groups is 2. The fourth-order valence-corrected chi connectivity index (χ4v) is 3.84. The van der Waals surface area contributed by atoms with Crippen molar-refractivity contribution in [1.29, 1.82) is 0 Å². The average Bonchev–Trinajstić information content (AvgIpc) is 3.53. The zero-order valence-electron chi connectivity index (χ0n) is 16.4. The lowest BCUT2D eigenvalue weighted by Crippen LogP contribution is -2.29. The number of carbonyl (C=O) groups excluding carboxylic acids is 2. The standard InChI is InChI=1S/C23H17NO7/c1-28-15-6-3-2-5-14(15)21(25)19-20(17-7-4-10-29-17)24(23(27)22(19)26)13-8-9-16-18(11-13)31-12-30-16/h2-11,20,25H,12H2,1H3/b21-19-. The molecule has 156 valence electrons. The Bertz CT molecular complexity index is 1210. The predicted molar refractivity (Wildman–Crippen MR) is 109 cm³/mol. The van der Waals surface area contributed by atoms with E-state index in [1.54, 1.807) is 54.6 Å². The SMILES string of the molecule is COc1ccccc1/C(O)=C1/C(=O)C(=O)N(c2ccc3c(c2)OCO3)C1c1ccco1. The normalized spacial score (nSPS) is 19.1. The molecule has 31 heavy (non-hydrogen) atoms. The summed E-state index contributed by atoms with van der Waals surface area (Å²) in [5, 5.41) is 11.1. The number of hydrogen-bond acceptors (Lipinski definition) is 7. The van der Waals surface area contributed by atoms with E-state index in [1.165, 1.54) is 18.3 Å². The molecule has 2 aliphatic rings. The average molecular weight is 419 g/mol. The molecule has 3 aromatic rings. The van der Waals surface area contributed by atoms with Crippen LogP contribution in [0.1, 0.15) is 17.4 Å². The molecule has 0 aliphatic carbocycles. The van der Waals surface area contributed by atoms with Crippen LogP contribution in [0.2, 0.25) is 0 Å². The zero-order chi connectivity index (χ0) is 21.5. The van der Waals surface area contributed by atoms with Crippen LogP contribution in [0.5, 0.6) is 17.2 Å². The third kappa shape index (κ3) is 2.92. The monoisotopic (exact) mass is 419 g/mol. The highest BCUT2D eigenvalue weighted by Crippen LogP contribution is 2.45. The van der Waals surface area contributed by atoms with Gasteiger partial charge >= 0.3 is 0 Å². The van der Waals surface area contributed by atoms with E-state index in [1.807, 2.05) is 0 Å². The number of benzene rings is 2. The first kappa shape index (κ1) is 18.8. The minimum absolute atomic E-state index is 0.0764. The van der Waals surface area contributed by atoms with E-state index in [0.717, 1.165) is 0 Å². The summed E-state index contributed by atoms with van der Waals surface area (Å²) in [6.07, 6.45) is 1.44. The molecular formula is C23H17NO7. The third-order valence-corrected chi connectivity index (χ3v) is 5.25. The van der Waals surface area contributed by atoms with Crippen molar-refractivity contribution in [2.24, 2.45) is 0 Å². The van der Waals surface area contributed by atoms with Crippen molar-refractivity contribution in [1.82, 2.24) is 0 Å². The van der Waals surface area contributed by atoms with Crippen molar-refractivity contribution < 1.29 is 33.3 Å². The van der Waals surface area contributed by atoms with Gasteiger partial charge in [-0.15, -0.1) is 0 Å². The molecule has 1 fully saturated rings. The molecule has 2 aromatic carbocycles. The smallest absolute Gasteiger partial charge is 0.300 e. The number of fused-ring (bicyclic) bond motifs is 1. The minimum atomic E-state index is -0.972. The molecule has 5 rings (SSSR count). The number of hydrogen-bond donors (Lipinski definition) is 1. The van der Waals surface area contributed by atoms with E-state index >= 15 is 0 Å². The van der Waals surface area contributed by atoms with Gasteiger partial charge < -0.3 is 23.7 Å². The number of aliphatic hydroxyl groups is 1. The number of furan rings is 1. The number of para-hydroxylation sites is 1. The molecule has 2 aliphatic heterocycles. The summed E-state index contributed by atoms with van der Waals surface area (Å²) >= 11 is 0. The van der Waals surface area contributed by atoms with Crippen LogP contribution in [-0.2, 0) is 9.59 Å². The lowest BCUT2D eigenvalue weighted by Gasteiger charge is -2.23. The van der Waals surface area contributed by atoms with Gasteiger partial charge in [-0.05, 0) is 36.4 Å². The van der Waals surface area contributed by atoms with Gasteiger partial charge in [-0.3, -0.25) is 14.5 Å². The molecule has 1 unspecified atom stereocenters. The van der Waals surface area contributed by atoms with Gasteiger partial charge in [0.05, 0.1) is 24.5 Å². The molecular weight excluding hydrogens is 402 g/mol. The Labute approximate surface area is 176 Å². The van der Waals surface area contributed by atoms with Crippen LogP contribution in [-0.4, -0.2) is 30.7 Å². The van der Waals surface area contributed by atoms with Crippen LogP contribution in [0.25, 0.3) is 5.76 Å². The molecule has 8 heteroatoms. The number of amides is 1. The summed E-state index contributed by atoms with van der Waals surface area (Å²) in [7, 11) is 1.46. The lowest BCUT2D eigenvalue weighted by atomic mass is 9.98. The first-order valence-corrected chi connectivity index (χ1v) is 9.47. The molecule has 8 nitrogen and oxygen atoms in total. The van der Waals surface area contributed by atoms with E-state index in [4.69, 9.17) is 18.6 Å². The molecule has 1 atom stereocenters. The van der Waals surface area contributed by atoms with Crippen molar-refractivity contribution in [3.63, 3.8) is 0 Å². The highest BCUT2D eigenvalue weighted by molar-refractivity contribution is 6.51. The molecule has 1 aromatic heterocycles. The van der Waals surface area contributed by atoms with Crippen LogP contribution in [0.4, 0.5) is 5.69 Å². The molecule has 1 amide bonds. The summed E-state index contributed by atoms with van der Waals surface area (Å²) in [6, 6.07) is 14.0. The molecule has 3 heterocycles. The fourth-order valence-electron chi connectivity index (χ4n) is 3.84. The Morgan fingerprint density at radius 3 is 2.65 bits per heavy atom. The van der Waals surface area contributed by atoms with Gasteiger partial charge in [0, 0.05) is 11.8 Å². The minimum Gasteiger partial charge on any atom is -0.507 e. The van der Waals surface area contributed by atoms with Gasteiger partial charge in [-0.25, -0.2) is 0 Å². The zero-order valence-corrected chi connectivity index (χ0v) is 16.4. The third-order valence-electron chi connectivity index (χ3n) is 5.25. The van der Waals surface area contributed by atoms with Crippen LogP contribution >= 0.6 is 0 Å². The van der Waals surface area contributed by atoms with Crippen molar-refractivity contribution in [3.05, 3.63) is 77.8 Å². The van der Waals surface area contributed by atoms with E-state index in [2.05, 4.69) is 0 Å². The van der Waals surface area contributed by atoms with Crippen molar-refractivity contribution in [2.45, 2.75) is 6.04 Å². The largest absolute Gasteiger partial charge is 0.507 e. The van der Waals surface area contributed by atoms with Gasteiger partial charge in [0.2, 0.25) is 6.79 Å². The number of ketones is 1. The number of ether oxygens (including phenoxy) is 3. The van der Waals surface area contributed by atoms with E-state index in [9.17, 15) is 14.7 Å². The van der Waals surface area contributed by atoms with Gasteiger partial charge in [0.1, 0.15) is 23.3 Å². The Balaban J connectivity index is 1.70. The van der Waals surface area contributed by atoms with Gasteiger partial charge in [0.25, 0.3) is 11.7 Å². The first-order chi connectivity index (χ1) is 15.1. The molecule has 0 radical (unpaired) electrons. The predicted octanol–water partition coefficient (Wildman–Crippen LogP) is 3.64. The fraction of sp³-hybridized carbons (Fsp3) is 0.130. The number of methoxy groups -OCH3 is 1. The molecule has 1 saturated heterocycles. The van der Waals surface area contributed by atoms with Gasteiger partial charge in [-0.1, -0.05) is 12.1 Å². The number of rotatable bonds is 4. The molecule has 0 spiro atoms. The highest BCUT2D eigenvalue weighted by Gasteiger charge is 2.48. The van der Waals surface area contributed by atoms with E-state index < -0.39 is 17.7 Å². The first-order valence-electron chi connectivity index (χ1n) is 9.47. The topological polar surface area (TPSA) is 98.4 Å². The summed E-state index contributed by atoms with van der Waals surface area (Å²) < 4.78 is 21.6. The quantitative estimate of drug-likeness (QED) is 0.392. The van der Waals surface area contributed by atoms with Crippen LogP contribution < -0.4 is 19.1 Å². The lowest BCUT2D eigenvalue weighted by molar-refractivity contribution is -0.132. The van der Waals surface area contributed by atoms with Crippen molar-refractivity contribution >= 4 is 23.1 Å². The number of nitrogens with zero attached hydrogens (tertiary/aromatic N) is 1. The van der Waals surface area contributed by atoms with E-state index in [0.29, 0.717) is 34.3 Å². The number of Topliss-reactive ketones (excluding diaryl/α,β-unsaturated/α-hetero) is 1. The Morgan fingerprint density at radius 1 is 1.06 bits per heavy atom. The van der Waals surface area contributed by atoms with E-state index in [-0.39, 0.29) is 18.1 Å². The Hall–Kier alpha value is -4.20. The maximum atomic E-state index is 13.1. The second-order valence-electron chi connectivity index (χ2n) is 6.92. The summed E-state index contributed by atoms with van der Waals surface area (Å²) in [5.41, 5.74) is 0.610. The van der Waals surface area contributed by atoms with Crippen LogP contribution in [0, 0.1) is 0 Å². The maximum absolute atomic E-state index is 13.1.